The van der Waals surface area contributed by atoms with E-state index in [0.29, 0.717) is 28.4 Å². The second kappa shape index (κ2) is 4.67. The number of hydrogen-bond acceptors (Lipinski definition) is 4. The number of carbonyl (C=O) groups is 1. The fourth-order valence-corrected chi connectivity index (χ4v) is 1.50. The normalized spacial score (nSPS) is 10.0. The van der Waals surface area contributed by atoms with E-state index < -0.39 is 5.91 Å². The van der Waals surface area contributed by atoms with Gasteiger partial charge in [0.05, 0.1) is 16.9 Å². The van der Waals surface area contributed by atoms with Crippen molar-refractivity contribution < 1.29 is 9.53 Å². The minimum atomic E-state index is -0.547. The summed E-state index contributed by atoms with van der Waals surface area (Å²) in [4.78, 5) is 11.2. The maximum absolute atomic E-state index is 11.2. The molecular formula is C13H13N3O2. The third-order valence-electron chi connectivity index (χ3n) is 2.44. The summed E-state index contributed by atoms with van der Waals surface area (Å²) >= 11 is 0. The molecule has 0 aliphatic heterocycles. The lowest BCUT2D eigenvalue weighted by molar-refractivity contribution is 0.0998. The molecule has 0 saturated heterocycles. The Bertz CT molecular complexity index is 597. The van der Waals surface area contributed by atoms with Crippen molar-refractivity contribution in [1.82, 2.24) is 0 Å². The number of amides is 1. The van der Waals surface area contributed by atoms with Gasteiger partial charge in [-0.2, -0.15) is 0 Å². The Morgan fingerprint density at radius 1 is 1.00 bits per heavy atom. The van der Waals surface area contributed by atoms with Gasteiger partial charge in [-0.25, -0.2) is 0 Å². The topological polar surface area (TPSA) is 104 Å². The van der Waals surface area contributed by atoms with Crippen LogP contribution in [0, 0.1) is 0 Å². The number of primary amides is 1. The summed E-state index contributed by atoms with van der Waals surface area (Å²) in [6.45, 7) is 0. The first-order chi connectivity index (χ1) is 8.58. The smallest absolute Gasteiger partial charge is 0.252 e. The summed E-state index contributed by atoms with van der Waals surface area (Å²) in [5, 5.41) is 0. The van der Waals surface area contributed by atoms with Crippen LogP contribution in [0.2, 0.25) is 0 Å². The van der Waals surface area contributed by atoms with Crippen molar-refractivity contribution in [2.75, 3.05) is 11.5 Å². The van der Waals surface area contributed by atoms with Gasteiger partial charge in [-0.3, -0.25) is 4.79 Å². The monoisotopic (exact) mass is 243 g/mol. The van der Waals surface area contributed by atoms with Crippen LogP contribution in [-0.2, 0) is 0 Å². The molecule has 0 unspecified atom stereocenters. The number of nitrogens with two attached hydrogens (primary N) is 3. The predicted octanol–water partition coefficient (Wildman–Crippen LogP) is 1.74. The number of hydrogen-bond donors (Lipinski definition) is 3. The SMILES string of the molecule is NC(=O)c1ccccc1Oc1ccc(N)c(N)c1. The molecule has 2 aromatic rings. The van der Waals surface area contributed by atoms with E-state index in [-0.39, 0.29) is 0 Å². The standard InChI is InChI=1S/C13H13N3O2/c14-10-6-5-8(7-11(10)15)18-12-4-2-1-3-9(12)13(16)17/h1-7H,14-15H2,(H2,16,17). The minimum Gasteiger partial charge on any atom is -0.456 e. The van der Waals surface area contributed by atoms with Crippen LogP contribution in [0.1, 0.15) is 10.4 Å². The molecule has 0 radical (unpaired) electrons. The lowest BCUT2D eigenvalue weighted by Gasteiger charge is -2.10. The van der Waals surface area contributed by atoms with Gasteiger partial charge in [0.1, 0.15) is 11.5 Å². The zero-order valence-corrected chi connectivity index (χ0v) is 9.59. The first-order valence-corrected chi connectivity index (χ1v) is 5.29. The highest BCUT2D eigenvalue weighted by Gasteiger charge is 2.09. The van der Waals surface area contributed by atoms with E-state index in [1.165, 1.54) is 0 Å². The van der Waals surface area contributed by atoms with Crippen LogP contribution < -0.4 is 21.9 Å². The number of carbonyl (C=O) groups excluding carboxylic acids is 1. The first kappa shape index (κ1) is 11.8. The first-order valence-electron chi connectivity index (χ1n) is 5.29. The van der Waals surface area contributed by atoms with Gasteiger partial charge in [0.25, 0.3) is 5.91 Å². The van der Waals surface area contributed by atoms with E-state index in [9.17, 15) is 4.79 Å². The Morgan fingerprint density at radius 3 is 2.39 bits per heavy atom. The van der Waals surface area contributed by atoms with Gasteiger partial charge in [-0.05, 0) is 24.3 Å². The zero-order chi connectivity index (χ0) is 13.1. The molecule has 0 aromatic heterocycles. The quantitative estimate of drug-likeness (QED) is 0.714. The van der Waals surface area contributed by atoms with Gasteiger partial charge in [0, 0.05) is 6.07 Å². The van der Waals surface area contributed by atoms with Crippen molar-refractivity contribution in [3.8, 4) is 11.5 Å². The predicted molar refractivity (Wildman–Crippen MR) is 70.3 cm³/mol. The summed E-state index contributed by atoms with van der Waals surface area (Å²) in [6, 6.07) is 11.6. The third kappa shape index (κ3) is 2.35. The second-order valence-electron chi connectivity index (χ2n) is 3.75. The fourth-order valence-electron chi connectivity index (χ4n) is 1.50. The van der Waals surface area contributed by atoms with Crippen molar-refractivity contribution in [2.24, 2.45) is 5.73 Å². The molecule has 5 nitrogen and oxygen atoms in total. The molecule has 6 N–H and O–H groups in total. The largest absolute Gasteiger partial charge is 0.456 e. The van der Waals surface area contributed by atoms with Crippen LogP contribution >= 0.6 is 0 Å². The van der Waals surface area contributed by atoms with E-state index in [0.717, 1.165) is 0 Å². The summed E-state index contributed by atoms with van der Waals surface area (Å²) in [5.74, 6) is 0.332. The summed E-state index contributed by atoms with van der Waals surface area (Å²) in [5.41, 5.74) is 17.8. The molecule has 5 heteroatoms. The molecule has 0 fully saturated rings. The van der Waals surface area contributed by atoms with E-state index in [2.05, 4.69) is 0 Å². The maximum atomic E-state index is 11.2. The molecular weight excluding hydrogens is 230 g/mol. The Morgan fingerprint density at radius 2 is 1.72 bits per heavy atom. The molecule has 0 aliphatic rings. The van der Waals surface area contributed by atoms with Gasteiger partial charge in [-0.1, -0.05) is 12.1 Å². The molecule has 1 amide bonds. The van der Waals surface area contributed by atoms with E-state index in [1.54, 1.807) is 42.5 Å². The van der Waals surface area contributed by atoms with Crippen molar-refractivity contribution in [1.29, 1.82) is 0 Å². The van der Waals surface area contributed by atoms with Crippen LogP contribution in [-0.4, -0.2) is 5.91 Å². The van der Waals surface area contributed by atoms with Crippen LogP contribution in [0.25, 0.3) is 0 Å². The number of rotatable bonds is 3. The molecule has 0 aliphatic carbocycles. The van der Waals surface area contributed by atoms with Crippen molar-refractivity contribution in [2.45, 2.75) is 0 Å². The minimum absolute atomic E-state index is 0.313. The number of benzene rings is 2. The molecule has 2 rings (SSSR count). The third-order valence-corrected chi connectivity index (χ3v) is 2.44. The average Bonchev–Trinajstić information content (AvgIpc) is 2.34. The van der Waals surface area contributed by atoms with Crippen molar-refractivity contribution in [3.63, 3.8) is 0 Å². The van der Waals surface area contributed by atoms with E-state index in [4.69, 9.17) is 21.9 Å². The van der Waals surface area contributed by atoms with Crippen molar-refractivity contribution in [3.05, 3.63) is 48.0 Å². The Labute approximate surface area is 104 Å². The van der Waals surface area contributed by atoms with E-state index >= 15 is 0 Å². The molecule has 0 saturated carbocycles. The van der Waals surface area contributed by atoms with Gasteiger partial charge in [0.2, 0.25) is 0 Å². The highest BCUT2D eigenvalue weighted by molar-refractivity contribution is 5.95. The highest BCUT2D eigenvalue weighted by Crippen LogP contribution is 2.28. The molecule has 2 aromatic carbocycles. The maximum Gasteiger partial charge on any atom is 0.252 e. The zero-order valence-electron chi connectivity index (χ0n) is 9.59. The second-order valence-corrected chi connectivity index (χ2v) is 3.75. The molecule has 18 heavy (non-hydrogen) atoms. The van der Waals surface area contributed by atoms with Gasteiger partial charge >= 0.3 is 0 Å². The summed E-state index contributed by atoms with van der Waals surface area (Å²) in [7, 11) is 0. The molecule has 92 valence electrons. The number of para-hydroxylation sites is 1. The Balaban J connectivity index is 2.34. The van der Waals surface area contributed by atoms with E-state index in [1.807, 2.05) is 0 Å². The molecule has 0 heterocycles. The molecule has 0 atom stereocenters. The highest BCUT2D eigenvalue weighted by atomic mass is 16.5. The lowest BCUT2D eigenvalue weighted by Crippen LogP contribution is -2.12. The molecule has 0 bridgehead atoms. The van der Waals surface area contributed by atoms with Crippen LogP contribution in [0.3, 0.4) is 0 Å². The Hall–Kier alpha value is -2.69. The lowest BCUT2D eigenvalue weighted by atomic mass is 10.2. The van der Waals surface area contributed by atoms with Crippen LogP contribution in [0.4, 0.5) is 11.4 Å². The van der Waals surface area contributed by atoms with Gasteiger partial charge in [0.15, 0.2) is 0 Å². The average molecular weight is 243 g/mol. The Kier molecular flexibility index (Phi) is 3.05. The number of nitrogen functional groups attached to an aromatic ring is 2. The van der Waals surface area contributed by atoms with Crippen molar-refractivity contribution >= 4 is 17.3 Å². The molecule has 0 spiro atoms. The van der Waals surface area contributed by atoms with Gasteiger partial charge in [-0.15, -0.1) is 0 Å². The summed E-state index contributed by atoms with van der Waals surface area (Å²) in [6.07, 6.45) is 0. The van der Waals surface area contributed by atoms with Crippen LogP contribution in [0.15, 0.2) is 42.5 Å². The number of ether oxygens (including phenoxy) is 1. The summed E-state index contributed by atoms with van der Waals surface area (Å²) < 4.78 is 5.57. The number of anilines is 2. The fraction of sp³-hybridized carbons (Fsp3) is 0. The van der Waals surface area contributed by atoms with Gasteiger partial charge < -0.3 is 21.9 Å². The van der Waals surface area contributed by atoms with Crippen LogP contribution in [0.5, 0.6) is 11.5 Å².